The summed E-state index contributed by atoms with van der Waals surface area (Å²) in [6.07, 6.45) is 0.436. The monoisotopic (exact) mass is 299 g/mol. The van der Waals surface area contributed by atoms with Crippen molar-refractivity contribution in [1.82, 2.24) is 4.90 Å². The summed E-state index contributed by atoms with van der Waals surface area (Å²) in [6.45, 7) is 10.7. The first-order valence-electron chi connectivity index (χ1n) is 7.54. The van der Waals surface area contributed by atoms with E-state index in [0.717, 1.165) is 0 Å². The van der Waals surface area contributed by atoms with Crippen molar-refractivity contribution in [3.63, 3.8) is 0 Å². The predicted molar refractivity (Wildman–Crippen MR) is 81.3 cm³/mol. The van der Waals surface area contributed by atoms with Gasteiger partial charge in [-0.2, -0.15) is 0 Å². The average molecular weight is 299 g/mol. The van der Waals surface area contributed by atoms with E-state index in [1.54, 1.807) is 0 Å². The van der Waals surface area contributed by atoms with Crippen LogP contribution in [-0.2, 0) is 14.3 Å². The first-order chi connectivity index (χ1) is 9.56. The molecule has 2 atom stereocenters. The van der Waals surface area contributed by atoms with Crippen molar-refractivity contribution in [3.05, 3.63) is 0 Å². The quantitative estimate of drug-likeness (QED) is 0.714. The molecule has 0 bridgehead atoms. The highest BCUT2D eigenvalue weighted by Gasteiger charge is 2.63. The van der Waals surface area contributed by atoms with E-state index >= 15 is 0 Å². The molecule has 2 unspecified atom stereocenters. The molecule has 6 nitrogen and oxygen atoms in total. The van der Waals surface area contributed by atoms with Gasteiger partial charge in [0.25, 0.3) is 0 Å². The van der Waals surface area contributed by atoms with E-state index in [4.69, 9.17) is 16.2 Å². The van der Waals surface area contributed by atoms with Gasteiger partial charge in [0.15, 0.2) is 0 Å². The Kier molecular flexibility index (Phi) is 5.39. The Morgan fingerprint density at radius 3 is 2.33 bits per heavy atom. The molecule has 6 heteroatoms. The lowest BCUT2D eigenvalue weighted by Crippen LogP contribution is -2.76. The van der Waals surface area contributed by atoms with Gasteiger partial charge in [0.2, 0.25) is 11.8 Å². The molecule has 21 heavy (non-hydrogen) atoms. The molecular weight excluding hydrogens is 270 g/mol. The zero-order chi connectivity index (χ0) is 16.4. The molecule has 2 amide bonds. The van der Waals surface area contributed by atoms with Gasteiger partial charge in [-0.25, -0.2) is 0 Å². The molecule has 122 valence electrons. The number of carbonyl (C=O) groups excluding carboxylic acids is 2. The second kappa shape index (κ2) is 6.32. The Morgan fingerprint density at radius 2 is 1.95 bits per heavy atom. The SMILES string of the molecule is CCOC1CC(N)(C(=O)N(CC(N)=O)CC(C)C)C1(C)C. The number of hydrogen-bond acceptors (Lipinski definition) is 4. The van der Waals surface area contributed by atoms with E-state index in [-0.39, 0.29) is 24.5 Å². The van der Waals surface area contributed by atoms with E-state index in [0.29, 0.717) is 19.6 Å². The van der Waals surface area contributed by atoms with E-state index in [9.17, 15) is 9.59 Å². The van der Waals surface area contributed by atoms with Crippen LogP contribution in [0, 0.1) is 11.3 Å². The number of nitrogens with two attached hydrogens (primary N) is 2. The van der Waals surface area contributed by atoms with Crippen LogP contribution in [-0.4, -0.2) is 48.1 Å². The third kappa shape index (κ3) is 3.37. The highest BCUT2D eigenvalue weighted by Crippen LogP contribution is 2.50. The lowest BCUT2D eigenvalue weighted by Gasteiger charge is -2.58. The fourth-order valence-corrected chi connectivity index (χ4v) is 2.93. The average Bonchev–Trinajstić information content (AvgIpc) is 2.35. The largest absolute Gasteiger partial charge is 0.378 e. The minimum atomic E-state index is -1.00. The molecule has 0 aliphatic heterocycles. The smallest absolute Gasteiger partial charge is 0.243 e. The lowest BCUT2D eigenvalue weighted by atomic mass is 9.54. The van der Waals surface area contributed by atoms with Gasteiger partial charge in [0.05, 0.1) is 12.6 Å². The molecule has 0 aromatic carbocycles. The summed E-state index contributed by atoms with van der Waals surface area (Å²) in [4.78, 5) is 25.5. The molecule has 0 saturated heterocycles. The van der Waals surface area contributed by atoms with Gasteiger partial charge in [-0.15, -0.1) is 0 Å². The summed E-state index contributed by atoms with van der Waals surface area (Å²) < 4.78 is 5.64. The summed E-state index contributed by atoms with van der Waals surface area (Å²) in [5.41, 5.74) is 10.2. The zero-order valence-corrected chi connectivity index (χ0v) is 13.8. The molecule has 1 aliphatic rings. The topological polar surface area (TPSA) is 98.7 Å². The highest BCUT2D eigenvalue weighted by atomic mass is 16.5. The summed E-state index contributed by atoms with van der Waals surface area (Å²) >= 11 is 0. The molecular formula is C15H29N3O3. The summed E-state index contributed by atoms with van der Waals surface area (Å²) in [5.74, 6) is -0.496. The summed E-state index contributed by atoms with van der Waals surface area (Å²) in [6, 6.07) is 0. The Labute approximate surface area is 127 Å². The minimum Gasteiger partial charge on any atom is -0.378 e. The first kappa shape index (κ1) is 17.9. The highest BCUT2D eigenvalue weighted by molar-refractivity contribution is 5.91. The molecule has 1 aliphatic carbocycles. The van der Waals surface area contributed by atoms with Crippen molar-refractivity contribution in [2.45, 2.75) is 52.7 Å². The number of primary amides is 1. The predicted octanol–water partition coefficient (Wildman–Crippen LogP) is 0.489. The number of amides is 2. The van der Waals surface area contributed by atoms with Crippen LogP contribution < -0.4 is 11.5 Å². The van der Waals surface area contributed by atoms with E-state index in [1.165, 1.54) is 4.90 Å². The third-order valence-corrected chi connectivity index (χ3v) is 4.43. The van der Waals surface area contributed by atoms with Gasteiger partial charge >= 0.3 is 0 Å². The number of rotatable bonds is 7. The lowest BCUT2D eigenvalue weighted by molar-refractivity contribution is -0.180. The second-order valence-corrected chi connectivity index (χ2v) is 6.89. The van der Waals surface area contributed by atoms with E-state index in [1.807, 2.05) is 34.6 Å². The number of hydrogen-bond donors (Lipinski definition) is 2. The fraction of sp³-hybridized carbons (Fsp3) is 0.867. The van der Waals surface area contributed by atoms with Crippen LogP contribution in [0.1, 0.15) is 41.0 Å². The molecule has 0 heterocycles. The molecule has 1 fully saturated rings. The van der Waals surface area contributed by atoms with E-state index < -0.39 is 16.9 Å². The Bertz CT molecular complexity index is 409. The maximum atomic E-state index is 12.8. The molecule has 0 radical (unpaired) electrons. The number of nitrogens with zero attached hydrogens (tertiary/aromatic N) is 1. The second-order valence-electron chi connectivity index (χ2n) is 6.89. The van der Waals surface area contributed by atoms with Gasteiger partial charge in [-0.1, -0.05) is 27.7 Å². The van der Waals surface area contributed by atoms with Crippen molar-refractivity contribution in [2.75, 3.05) is 19.7 Å². The number of ether oxygens (including phenoxy) is 1. The molecule has 0 aromatic rings. The van der Waals surface area contributed by atoms with Crippen molar-refractivity contribution in [3.8, 4) is 0 Å². The molecule has 1 rings (SSSR count). The Morgan fingerprint density at radius 1 is 1.38 bits per heavy atom. The van der Waals surface area contributed by atoms with Crippen LogP contribution in [0.25, 0.3) is 0 Å². The van der Waals surface area contributed by atoms with Crippen LogP contribution in [0.3, 0.4) is 0 Å². The van der Waals surface area contributed by atoms with Crippen LogP contribution in [0.15, 0.2) is 0 Å². The van der Waals surface area contributed by atoms with Crippen molar-refractivity contribution < 1.29 is 14.3 Å². The summed E-state index contributed by atoms with van der Waals surface area (Å²) in [5, 5.41) is 0. The van der Waals surface area contributed by atoms with Crippen LogP contribution in [0.2, 0.25) is 0 Å². The minimum absolute atomic E-state index is 0.0362. The van der Waals surface area contributed by atoms with Crippen LogP contribution in [0.4, 0.5) is 0 Å². The zero-order valence-electron chi connectivity index (χ0n) is 13.8. The van der Waals surface area contributed by atoms with Gasteiger partial charge in [-0.3, -0.25) is 9.59 Å². The molecule has 0 aromatic heterocycles. The molecule has 0 spiro atoms. The fourth-order valence-electron chi connectivity index (χ4n) is 2.93. The maximum Gasteiger partial charge on any atom is 0.243 e. The Hall–Kier alpha value is -1.14. The van der Waals surface area contributed by atoms with Gasteiger partial charge in [0.1, 0.15) is 5.54 Å². The molecule has 4 N–H and O–H groups in total. The van der Waals surface area contributed by atoms with Crippen molar-refractivity contribution in [1.29, 1.82) is 0 Å². The molecule has 1 saturated carbocycles. The normalized spacial score (nSPS) is 27.3. The maximum absolute atomic E-state index is 12.8. The van der Waals surface area contributed by atoms with Gasteiger partial charge in [0, 0.05) is 25.0 Å². The van der Waals surface area contributed by atoms with Gasteiger partial charge < -0.3 is 21.1 Å². The standard InChI is InChI=1S/C15H29N3O3/c1-6-21-11-7-15(17,14(11,4)5)13(20)18(8-10(2)3)9-12(16)19/h10-11H,6-9,17H2,1-5H3,(H2,16,19). The van der Waals surface area contributed by atoms with E-state index in [2.05, 4.69) is 0 Å². The first-order valence-corrected chi connectivity index (χ1v) is 7.54. The third-order valence-electron chi connectivity index (χ3n) is 4.43. The van der Waals surface area contributed by atoms with Crippen molar-refractivity contribution >= 4 is 11.8 Å². The van der Waals surface area contributed by atoms with Crippen LogP contribution in [0.5, 0.6) is 0 Å². The number of carbonyl (C=O) groups is 2. The van der Waals surface area contributed by atoms with Crippen LogP contribution >= 0.6 is 0 Å². The Balaban J connectivity index is 2.90. The van der Waals surface area contributed by atoms with Crippen molar-refractivity contribution in [2.24, 2.45) is 22.8 Å². The summed E-state index contributed by atoms with van der Waals surface area (Å²) in [7, 11) is 0. The van der Waals surface area contributed by atoms with Gasteiger partial charge in [-0.05, 0) is 12.8 Å².